The van der Waals surface area contributed by atoms with Gasteiger partial charge in [-0.25, -0.2) is 0 Å². The lowest BCUT2D eigenvalue weighted by molar-refractivity contribution is 0.747. The van der Waals surface area contributed by atoms with Crippen LogP contribution in [0.3, 0.4) is 0 Å². The van der Waals surface area contributed by atoms with Crippen LogP contribution in [0.15, 0.2) is 47.4 Å². The standard InChI is InChI=1S/C17H19Cl2NS/c1-3-15(12-9-10-13(18)14(19)11-12)20-16-7-5-6-8-17(16)21-4-2/h5-11,15,20H,3-4H2,1-2H3. The van der Waals surface area contributed by atoms with E-state index >= 15 is 0 Å². The summed E-state index contributed by atoms with van der Waals surface area (Å²) in [4.78, 5) is 1.28. The quantitative estimate of drug-likeness (QED) is 0.589. The second kappa shape index (κ2) is 7.98. The molecule has 21 heavy (non-hydrogen) atoms. The molecule has 1 N–H and O–H groups in total. The molecule has 2 rings (SSSR count). The van der Waals surface area contributed by atoms with E-state index in [0.717, 1.165) is 17.7 Å². The van der Waals surface area contributed by atoms with Gasteiger partial charge < -0.3 is 5.32 Å². The molecule has 0 fully saturated rings. The molecular weight excluding hydrogens is 321 g/mol. The van der Waals surface area contributed by atoms with Crippen molar-refractivity contribution in [3.8, 4) is 0 Å². The molecule has 0 heterocycles. The third-order valence-corrected chi connectivity index (χ3v) is 4.97. The average molecular weight is 340 g/mol. The van der Waals surface area contributed by atoms with Crippen molar-refractivity contribution >= 4 is 40.7 Å². The molecule has 4 heteroatoms. The third kappa shape index (κ3) is 4.32. The minimum absolute atomic E-state index is 0.221. The fourth-order valence-corrected chi connectivity index (χ4v) is 3.28. The first-order chi connectivity index (χ1) is 10.2. The van der Waals surface area contributed by atoms with E-state index in [1.165, 1.54) is 10.6 Å². The van der Waals surface area contributed by atoms with Crippen LogP contribution < -0.4 is 5.32 Å². The number of anilines is 1. The molecule has 1 nitrogen and oxygen atoms in total. The van der Waals surface area contributed by atoms with E-state index < -0.39 is 0 Å². The van der Waals surface area contributed by atoms with E-state index in [-0.39, 0.29) is 6.04 Å². The van der Waals surface area contributed by atoms with E-state index in [1.807, 2.05) is 30.0 Å². The van der Waals surface area contributed by atoms with Gasteiger partial charge in [0.1, 0.15) is 0 Å². The predicted octanol–water partition coefficient (Wildman–Crippen LogP) is 6.67. The van der Waals surface area contributed by atoms with Crippen molar-refractivity contribution in [2.75, 3.05) is 11.1 Å². The molecule has 0 aromatic heterocycles. The minimum Gasteiger partial charge on any atom is -0.377 e. The van der Waals surface area contributed by atoms with Crippen LogP contribution in [0.2, 0.25) is 10.0 Å². The van der Waals surface area contributed by atoms with Gasteiger partial charge in [-0.1, -0.05) is 55.2 Å². The molecule has 1 atom stereocenters. The van der Waals surface area contributed by atoms with Crippen LogP contribution in [0.4, 0.5) is 5.69 Å². The summed E-state index contributed by atoms with van der Waals surface area (Å²) in [6.07, 6.45) is 0.975. The van der Waals surface area contributed by atoms with Crippen molar-refractivity contribution in [3.05, 3.63) is 58.1 Å². The lowest BCUT2D eigenvalue weighted by Gasteiger charge is -2.21. The molecule has 0 spiro atoms. The summed E-state index contributed by atoms with van der Waals surface area (Å²) in [6, 6.07) is 14.5. The number of hydrogen-bond acceptors (Lipinski definition) is 2. The molecule has 0 aliphatic rings. The van der Waals surface area contributed by atoms with E-state index in [2.05, 4.69) is 43.4 Å². The summed E-state index contributed by atoms with van der Waals surface area (Å²) in [7, 11) is 0. The maximum absolute atomic E-state index is 6.14. The maximum Gasteiger partial charge on any atom is 0.0595 e. The molecular formula is C17H19Cl2NS. The number of para-hydroxylation sites is 1. The van der Waals surface area contributed by atoms with Crippen molar-refractivity contribution in [1.29, 1.82) is 0 Å². The Morgan fingerprint density at radius 3 is 2.48 bits per heavy atom. The van der Waals surface area contributed by atoms with Gasteiger partial charge in [0, 0.05) is 10.6 Å². The van der Waals surface area contributed by atoms with Crippen LogP contribution in [-0.2, 0) is 0 Å². The summed E-state index contributed by atoms with van der Waals surface area (Å²) in [5.74, 6) is 1.06. The second-order valence-corrected chi connectivity index (χ2v) is 6.83. The first-order valence-corrected chi connectivity index (χ1v) is 8.83. The fourth-order valence-electron chi connectivity index (χ4n) is 2.21. The predicted molar refractivity (Wildman–Crippen MR) is 96.0 cm³/mol. The SMILES string of the molecule is CCSc1ccccc1NC(CC)c1ccc(Cl)c(Cl)c1. The highest BCUT2D eigenvalue weighted by Crippen LogP contribution is 2.32. The van der Waals surface area contributed by atoms with Crippen molar-refractivity contribution in [3.63, 3.8) is 0 Å². The topological polar surface area (TPSA) is 12.0 Å². The highest BCUT2D eigenvalue weighted by molar-refractivity contribution is 7.99. The van der Waals surface area contributed by atoms with Crippen LogP contribution in [0.1, 0.15) is 31.9 Å². The van der Waals surface area contributed by atoms with Gasteiger partial charge in [0.15, 0.2) is 0 Å². The van der Waals surface area contributed by atoms with Gasteiger partial charge in [0.2, 0.25) is 0 Å². The molecule has 0 aliphatic heterocycles. The van der Waals surface area contributed by atoms with Crippen LogP contribution >= 0.6 is 35.0 Å². The number of halogens is 2. The molecule has 0 bridgehead atoms. The van der Waals surface area contributed by atoms with Crippen molar-refractivity contribution in [1.82, 2.24) is 0 Å². The molecule has 0 saturated heterocycles. The first-order valence-electron chi connectivity index (χ1n) is 7.09. The van der Waals surface area contributed by atoms with Gasteiger partial charge in [-0.05, 0) is 42.0 Å². The average Bonchev–Trinajstić information content (AvgIpc) is 2.49. The fraction of sp³-hybridized carbons (Fsp3) is 0.294. The normalized spacial score (nSPS) is 12.2. The summed E-state index contributed by atoms with van der Waals surface area (Å²) in [5.41, 5.74) is 2.32. The zero-order chi connectivity index (χ0) is 15.2. The number of rotatable bonds is 6. The van der Waals surface area contributed by atoms with Gasteiger partial charge in [-0.15, -0.1) is 11.8 Å². The molecule has 0 amide bonds. The second-order valence-electron chi connectivity index (χ2n) is 4.71. The zero-order valence-corrected chi connectivity index (χ0v) is 14.5. The lowest BCUT2D eigenvalue weighted by atomic mass is 10.0. The van der Waals surface area contributed by atoms with Gasteiger partial charge in [-0.2, -0.15) is 0 Å². The van der Waals surface area contributed by atoms with Gasteiger partial charge >= 0.3 is 0 Å². The van der Waals surface area contributed by atoms with Crippen LogP contribution in [0.5, 0.6) is 0 Å². The molecule has 0 radical (unpaired) electrons. The summed E-state index contributed by atoms with van der Waals surface area (Å²) >= 11 is 14.0. The van der Waals surface area contributed by atoms with Crippen molar-refractivity contribution in [2.45, 2.75) is 31.2 Å². The number of thioether (sulfide) groups is 1. The Morgan fingerprint density at radius 1 is 1.05 bits per heavy atom. The third-order valence-electron chi connectivity index (χ3n) is 3.27. The van der Waals surface area contributed by atoms with Crippen LogP contribution in [0, 0.1) is 0 Å². The largest absolute Gasteiger partial charge is 0.377 e. The number of nitrogens with one attached hydrogen (secondary N) is 1. The van der Waals surface area contributed by atoms with Gasteiger partial charge in [0.05, 0.1) is 16.1 Å². The Morgan fingerprint density at radius 2 is 1.81 bits per heavy atom. The van der Waals surface area contributed by atoms with E-state index in [1.54, 1.807) is 0 Å². The van der Waals surface area contributed by atoms with E-state index in [4.69, 9.17) is 23.2 Å². The summed E-state index contributed by atoms with van der Waals surface area (Å²) in [6.45, 7) is 4.33. The molecule has 0 aliphatic carbocycles. The molecule has 112 valence electrons. The van der Waals surface area contributed by atoms with Crippen LogP contribution in [0.25, 0.3) is 0 Å². The van der Waals surface area contributed by atoms with Crippen LogP contribution in [-0.4, -0.2) is 5.75 Å². The first kappa shape index (κ1) is 16.5. The monoisotopic (exact) mass is 339 g/mol. The minimum atomic E-state index is 0.221. The Hall–Kier alpha value is -0.830. The maximum atomic E-state index is 6.14. The number of benzene rings is 2. The lowest BCUT2D eigenvalue weighted by Crippen LogP contribution is -2.10. The number of hydrogen-bond donors (Lipinski definition) is 1. The molecule has 2 aromatic carbocycles. The summed E-state index contributed by atoms with van der Waals surface area (Å²) in [5, 5.41) is 4.82. The summed E-state index contributed by atoms with van der Waals surface area (Å²) < 4.78 is 0. The van der Waals surface area contributed by atoms with Gasteiger partial charge in [-0.3, -0.25) is 0 Å². The molecule has 0 saturated carbocycles. The van der Waals surface area contributed by atoms with Crippen molar-refractivity contribution in [2.24, 2.45) is 0 Å². The molecule has 1 unspecified atom stereocenters. The highest BCUT2D eigenvalue weighted by atomic mass is 35.5. The zero-order valence-electron chi connectivity index (χ0n) is 12.2. The van der Waals surface area contributed by atoms with E-state index in [0.29, 0.717) is 10.0 Å². The Labute approximate surface area is 141 Å². The molecule has 2 aromatic rings. The smallest absolute Gasteiger partial charge is 0.0595 e. The Kier molecular flexibility index (Phi) is 6.28. The van der Waals surface area contributed by atoms with Gasteiger partial charge in [0.25, 0.3) is 0 Å². The Balaban J connectivity index is 2.24. The highest BCUT2D eigenvalue weighted by Gasteiger charge is 2.12. The van der Waals surface area contributed by atoms with Crippen molar-refractivity contribution < 1.29 is 0 Å². The Bertz CT molecular complexity index is 601. The van der Waals surface area contributed by atoms with E-state index in [9.17, 15) is 0 Å².